The van der Waals surface area contributed by atoms with Crippen LogP contribution in [0, 0.1) is 5.82 Å². The van der Waals surface area contributed by atoms with Gasteiger partial charge in [-0.25, -0.2) is 4.39 Å². The summed E-state index contributed by atoms with van der Waals surface area (Å²) >= 11 is 6.89. The zero-order chi connectivity index (χ0) is 22.4. The van der Waals surface area contributed by atoms with Gasteiger partial charge in [0.15, 0.2) is 11.5 Å². The minimum absolute atomic E-state index is 0.0183. The van der Waals surface area contributed by atoms with Crippen molar-refractivity contribution < 1.29 is 23.5 Å². The van der Waals surface area contributed by atoms with Crippen molar-refractivity contribution in [3.8, 4) is 11.5 Å². The molecule has 164 valence electrons. The third-order valence-electron chi connectivity index (χ3n) is 4.54. The van der Waals surface area contributed by atoms with Gasteiger partial charge < -0.3 is 9.47 Å². The molecule has 1 aliphatic rings. The van der Waals surface area contributed by atoms with Crippen LogP contribution in [-0.2, 0) is 11.3 Å². The quantitative estimate of drug-likeness (QED) is 0.323. The number of thioether (sulfide) groups is 1. The Bertz CT molecular complexity index is 1010. The van der Waals surface area contributed by atoms with Crippen molar-refractivity contribution in [2.75, 3.05) is 13.2 Å². The van der Waals surface area contributed by atoms with Crippen LogP contribution in [-0.4, -0.2) is 29.3 Å². The maximum absolute atomic E-state index is 13.3. The molecule has 0 saturated carbocycles. The molecule has 0 bridgehead atoms. The van der Waals surface area contributed by atoms with Crippen LogP contribution in [0.1, 0.15) is 37.8 Å². The molecule has 1 aliphatic heterocycles. The molecule has 0 unspecified atom stereocenters. The first kappa shape index (κ1) is 23.2. The van der Waals surface area contributed by atoms with E-state index in [0.29, 0.717) is 35.2 Å². The minimum atomic E-state index is -0.477. The Morgan fingerprint density at radius 1 is 1.10 bits per heavy atom. The highest BCUT2D eigenvalue weighted by Gasteiger charge is 2.35. The molecular weight excluding hydrogens is 441 g/mol. The van der Waals surface area contributed by atoms with Gasteiger partial charge in [-0.05, 0) is 66.6 Å². The van der Waals surface area contributed by atoms with Gasteiger partial charge in [0.2, 0.25) is 0 Å². The highest BCUT2D eigenvalue weighted by molar-refractivity contribution is 8.18. The number of unbranched alkanes of at least 4 members (excludes halogenated alkanes) is 1. The first-order chi connectivity index (χ1) is 14.9. The van der Waals surface area contributed by atoms with Gasteiger partial charge in [0, 0.05) is 5.02 Å². The molecule has 8 heteroatoms. The van der Waals surface area contributed by atoms with Crippen LogP contribution in [0.3, 0.4) is 0 Å². The summed E-state index contributed by atoms with van der Waals surface area (Å²) in [6, 6.07) is 9.27. The summed E-state index contributed by atoms with van der Waals surface area (Å²) in [5, 5.41) is -0.232. The second-order valence-electron chi connectivity index (χ2n) is 6.84. The third kappa shape index (κ3) is 5.80. The summed E-state index contributed by atoms with van der Waals surface area (Å²) in [7, 11) is 0. The average Bonchev–Trinajstić information content (AvgIpc) is 2.99. The van der Waals surface area contributed by atoms with Gasteiger partial charge >= 0.3 is 0 Å². The smallest absolute Gasteiger partial charge is 0.293 e. The van der Waals surface area contributed by atoms with E-state index in [1.165, 1.54) is 12.1 Å². The molecule has 2 aromatic carbocycles. The highest BCUT2D eigenvalue weighted by atomic mass is 35.5. The van der Waals surface area contributed by atoms with Crippen LogP contribution in [0.2, 0.25) is 5.02 Å². The van der Waals surface area contributed by atoms with Gasteiger partial charge in [-0.1, -0.05) is 37.1 Å². The lowest BCUT2D eigenvalue weighted by Gasteiger charge is -2.14. The fourth-order valence-corrected chi connectivity index (χ4v) is 4.00. The summed E-state index contributed by atoms with van der Waals surface area (Å²) in [6.45, 7) is 5.03. The first-order valence-corrected chi connectivity index (χ1v) is 11.2. The molecule has 0 N–H and O–H groups in total. The van der Waals surface area contributed by atoms with Crippen LogP contribution in [0.5, 0.6) is 11.5 Å². The van der Waals surface area contributed by atoms with Gasteiger partial charge in [-0.15, -0.1) is 0 Å². The van der Waals surface area contributed by atoms with E-state index < -0.39 is 17.0 Å². The van der Waals surface area contributed by atoms with Crippen molar-refractivity contribution in [3.63, 3.8) is 0 Å². The van der Waals surface area contributed by atoms with E-state index in [4.69, 9.17) is 21.1 Å². The molecule has 2 amide bonds. The van der Waals surface area contributed by atoms with Gasteiger partial charge in [-0.2, -0.15) is 0 Å². The average molecular weight is 464 g/mol. The van der Waals surface area contributed by atoms with Gasteiger partial charge in [0.25, 0.3) is 11.1 Å². The number of hydrogen-bond acceptors (Lipinski definition) is 5. The fraction of sp³-hybridized carbons (Fsp3) is 0.304. The lowest BCUT2D eigenvalue weighted by atomic mass is 10.1. The van der Waals surface area contributed by atoms with E-state index in [2.05, 4.69) is 6.92 Å². The molecule has 1 heterocycles. The predicted octanol–water partition coefficient (Wildman–Crippen LogP) is 6.29. The molecule has 5 nitrogen and oxygen atoms in total. The summed E-state index contributed by atoms with van der Waals surface area (Å²) in [4.78, 5) is 26.6. The second kappa shape index (κ2) is 10.7. The zero-order valence-electron chi connectivity index (χ0n) is 17.3. The number of carbonyl (C=O) groups is 2. The molecule has 0 aromatic heterocycles. The summed E-state index contributed by atoms with van der Waals surface area (Å²) < 4.78 is 24.7. The van der Waals surface area contributed by atoms with Gasteiger partial charge in [0.1, 0.15) is 5.82 Å². The van der Waals surface area contributed by atoms with Crippen molar-refractivity contribution in [2.45, 2.75) is 33.2 Å². The summed E-state index contributed by atoms with van der Waals surface area (Å²) in [5.74, 6) is 0.336. The molecule has 0 radical (unpaired) electrons. The predicted molar refractivity (Wildman–Crippen MR) is 121 cm³/mol. The van der Waals surface area contributed by atoms with E-state index in [-0.39, 0.29) is 11.6 Å². The Hall–Kier alpha value is -2.51. The summed E-state index contributed by atoms with van der Waals surface area (Å²) in [6.07, 6.45) is 3.62. The van der Waals surface area contributed by atoms with E-state index in [0.717, 1.165) is 41.1 Å². The molecular formula is C23H23ClFNO4S. The molecule has 3 rings (SSSR count). The van der Waals surface area contributed by atoms with Crippen molar-refractivity contribution in [1.29, 1.82) is 0 Å². The van der Waals surface area contributed by atoms with E-state index in [1.807, 2.05) is 13.0 Å². The van der Waals surface area contributed by atoms with E-state index >= 15 is 0 Å². The SMILES string of the molecule is CCCCOc1ccc(/C=C2\SC(=O)N(Cc3ccc(F)cc3Cl)C2=O)cc1OCC. The maximum Gasteiger partial charge on any atom is 0.293 e. The zero-order valence-corrected chi connectivity index (χ0v) is 18.9. The molecule has 1 fully saturated rings. The van der Waals surface area contributed by atoms with Gasteiger partial charge in [-0.3, -0.25) is 14.5 Å². The number of ether oxygens (including phenoxy) is 2. The van der Waals surface area contributed by atoms with E-state index in [9.17, 15) is 14.0 Å². The lowest BCUT2D eigenvalue weighted by molar-refractivity contribution is -0.123. The Labute approximate surface area is 190 Å². The van der Waals surface area contributed by atoms with Crippen molar-refractivity contribution in [1.82, 2.24) is 4.90 Å². The number of carbonyl (C=O) groups excluding carboxylic acids is 2. The molecule has 0 spiro atoms. The Balaban J connectivity index is 1.79. The Morgan fingerprint density at radius 3 is 2.61 bits per heavy atom. The largest absolute Gasteiger partial charge is 0.490 e. The van der Waals surface area contributed by atoms with Crippen LogP contribution in [0.15, 0.2) is 41.3 Å². The first-order valence-electron chi connectivity index (χ1n) is 10.0. The standard InChI is InChI=1S/C23H23ClFNO4S/c1-3-5-10-30-19-9-6-15(11-20(19)29-4-2)12-21-22(27)26(23(28)31-21)14-16-7-8-17(25)13-18(16)24/h6-9,11-13H,3-5,10,14H2,1-2H3/b21-12-. The monoisotopic (exact) mass is 463 g/mol. The normalized spacial score (nSPS) is 15.1. The Morgan fingerprint density at radius 2 is 1.90 bits per heavy atom. The molecule has 2 aromatic rings. The van der Waals surface area contributed by atoms with Crippen molar-refractivity contribution in [3.05, 3.63) is 63.3 Å². The number of amides is 2. The van der Waals surface area contributed by atoms with Crippen LogP contribution in [0.4, 0.5) is 9.18 Å². The molecule has 1 saturated heterocycles. The number of imide groups is 1. The molecule has 0 aliphatic carbocycles. The highest BCUT2D eigenvalue weighted by Crippen LogP contribution is 2.36. The number of halogens is 2. The number of hydrogen-bond donors (Lipinski definition) is 0. The van der Waals surface area contributed by atoms with Crippen LogP contribution < -0.4 is 9.47 Å². The van der Waals surface area contributed by atoms with Crippen molar-refractivity contribution >= 4 is 40.6 Å². The number of nitrogens with zero attached hydrogens (tertiary/aromatic N) is 1. The van der Waals surface area contributed by atoms with Crippen LogP contribution >= 0.6 is 23.4 Å². The minimum Gasteiger partial charge on any atom is -0.490 e. The molecule has 0 atom stereocenters. The fourth-order valence-electron chi connectivity index (χ4n) is 2.94. The molecule has 31 heavy (non-hydrogen) atoms. The van der Waals surface area contributed by atoms with Crippen molar-refractivity contribution in [2.24, 2.45) is 0 Å². The Kier molecular flexibility index (Phi) is 7.98. The second-order valence-corrected chi connectivity index (χ2v) is 8.25. The number of benzene rings is 2. The maximum atomic E-state index is 13.3. The lowest BCUT2D eigenvalue weighted by Crippen LogP contribution is -2.27. The topological polar surface area (TPSA) is 55.8 Å². The summed E-state index contributed by atoms with van der Waals surface area (Å²) in [5.41, 5.74) is 1.22. The third-order valence-corrected chi connectivity index (χ3v) is 5.80. The number of rotatable bonds is 9. The van der Waals surface area contributed by atoms with Crippen LogP contribution in [0.25, 0.3) is 6.08 Å². The van der Waals surface area contributed by atoms with Gasteiger partial charge in [0.05, 0.1) is 24.7 Å². The van der Waals surface area contributed by atoms with E-state index in [1.54, 1.807) is 18.2 Å².